The second-order valence-electron chi connectivity index (χ2n) is 8.53. The van der Waals surface area contributed by atoms with Crippen LogP contribution in [0.5, 0.6) is 0 Å². The predicted octanol–water partition coefficient (Wildman–Crippen LogP) is 4.48. The number of aryl methyl sites for hydroxylation is 1. The van der Waals surface area contributed by atoms with E-state index >= 15 is 0 Å². The molecule has 1 heterocycles. The van der Waals surface area contributed by atoms with Gasteiger partial charge in [-0.25, -0.2) is 4.39 Å². The normalized spacial score (nSPS) is 20.6. The fourth-order valence-corrected chi connectivity index (χ4v) is 6.53. The second-order valence-corrected chi connectivity index (χ2v) is 11.3. The lowest BCUT2D eigenvalue weighted by molar-refractivity contribution is -0.130. The van der Waals surface area contributed by atoms with Gasteiger partial charge in [0.2, 0.25) is 11.8 Å². The minimum absolute atomic E-state index is 0.0781. The molecule has 1 unspecified atom stereocenters. The number of nitrogens with one attached hydrogen (secondary N) is 1. The van der Waals surface area contributed by atoms with Crippen LogP contribution < -0.4 is 5.32 Å². The summed E-state index contributed by atoms with van der Waals surface area (Å²) in [6.45, 7) is 1.94. The number of rotatable bonds is 6. The molecule has 1 N–H and O–H groups in total. The van der Waals surface area contributed by atoms with Crippen LogP contribution in [0.25, 0.3) is 0 Å². The molecule has 1 aliphatic heterocycles. The first-order valence-corrected chi connectivity index (χ1v) is 13.5. The van der Waals surface area contributed by atoms with Crippen LogP contribution in [0.4, 0.5) is 10.1 Å². The maximum absolute atomic E-state index is 13.3. The summed E-state index contributed by atoms with van der Waals surface area (Å²) in [5.74, 6) is -1.19. The molecule has 2 amide bonds. The lowest BCUT2D eigenvalue weighted by atomic mass is 9.94. The Morgan fingerprint density at radius 1 is 1.09 bits per heavy atom. The van der Waals surface area contributed by atoms with Gasteiger partial charge in [0.15, 0.2) is 5.17 Å². The number of amidine groups is 1. The summed E-state index contributed by atoms with van der Waals surface area (Å²) in [4.78, 5) is 27.3. The molecule has 180 valence electrons. The SMILES string of the molecule is Cc1ccc(NC(=O)CC2S/C(=N/S(=O)(=O)c3ccc(F)cc3)N(C3CCCCC3)C2=O)cc1. The van der Waals surface area contributed by atoms with Gasteiger partial charge in [-0.15, -0.1) is 4.40 Å². The van der Waals surface area contributed by atoms with E-state index in [1.165, 1.54) is 4.90 Å². The van der Waals surface area contributed by atoms with Crippen molar-refractivity contribution >= 4 is 44.5 Å². The first-order valence-electron chi connectivity index (χ1n) is 11.2. The Labute approximate surface area is 202 Å². The molecule has 2 aliphatic rings. The van der Waals surface area contributed by atoms with Gasteiger partial charge in [-0.3, -0.25) is 14.5 Å². The van der Waals surface area contributed by atoms with Crippen LogP contribution in [-0.4, -0.2) is 41.6 Å². The topological polar surface area (TPSA) is 95.9 Å². The van der Waals surface area contributed by atoms with Gasteiger partial charge >= 0.3 is 0 Å². The monoisotopic (exact) mass is 503 g/mol. The fourth-order valence-electron chi connectivity index (χ4n) is 4.13. The number of thioether (sulfide) groups is 1. The van der Waals surface area contributed by atoms with Crippen LogP contribution in [-0.2, 0) is 19.6 Å². The number of halogens is 1. The van der Waals surface area contributed by atoms with Gasteiger partial charge in [-0.2, -0.15) is 8.42 Å². The van der Waals surface area contributed by atoms with Crippen molar-refractivity contribution in [2.24, 2.45) is 4.40 Å². The summed E-state index contributed by atoms with van der Waals surface area (Å²) < 4.78 is 43.0. The molecule has 1 aliphatic carbocycles. The highest BCUT2D eigenvalue weighted by Crippen LogP contribution is 2.36. The molecule has 1 saturated heterocycles. The van der Waals surface area contributed by atoms with Crippen molar-refractivity contribution in [3.63, 3.8) is 0 Å². The van der Waals surface area contributed by atoms with Gasteiger partial charge < -0.3 is 5.32 Å². The largest absolute Gasteiger partial charge is 0.326 e. The Bertz CT molecular complexity index is 1190. The minimum atomic E-state index is -4.15. The molecule has 7 nitrogen and oxygen atoms in total. The van der Waals surface area contributed by atoms with Crippen LogP contribution in [0.1, 0.15) is 44.1 Å². The molecule has 0 radical (unpaired) electrons. The number of hydrogen-bond acceptors (Lipinski definition) is 5. The molecular formula is C24H26FN3O4S2. The molecule has 2 aromatic rings. The number of nitrogens with zero attached hydrogens (tertiary/aromatic N) is 2. The van der Waals surface area contributed by atoms with E-state index in [4.69, 9.17) is 0 Å². The lowest BCUT2D eigenvalue weighted by Gasteiger charge is -2.30. The van der Waals surface area contributed by atoms with E-state index in [0.717, 1.165) is 73.7 Å². The van der Waals surface area contributed by atoms with Gasteiger partial charge in [0.05, 0.1) is 4.90 Å². The Kier molecular flexibility index (Phi) is 7.37. The van der Waals surface area contributed by atoms with Crippen LogP contribution in [0.3, 0.4) is 0 Å². The second kappa shape index (κ2) is 10.3. The van der Waals surface area contributed by atoms with Crippen LogP contribution in [0.2, 0.25) is 0 Å². The lowest BCUT2D eigenvalue weighted by Crippen LogP contribution is -2.42. The molecule has 0 spiro atoms. The smallest absolute Gasteiger partial charge is 0.284 e. The summed E-state index contributed by atoms with van der Waals surface area (Å²) in [7, 11) is -4.15. The van der Waals surface area contributed by atoms with Crippen molar-refractivity contribution in [1.82, 2.24) is 4.90 Å². The van der Waals surface area contributed by atoms with Crippen molar-refractivity contribution in [2.75, 3.05) is 5.32 Å². The highest BCUT2D eigenvalue weighted by Gasteiger charge is 2.43. The molecule has 4 rings (SSSR count). The highest BCUT2D eigenvalue weighted by atomic mass is 32.2. The third kappa shape index (κ3) is 5.67. The first kappa shape index (κ1) is 24.4. The molecule has 2 fully saturated rings. The molecular weight excluding hydrogens is 477 g/mol. The molecule has 1 atom stereocenters. The number of amides is 2. The molecule has 10 heteroatoms. The average molecular weight is 504 g/mol. The van der Waals surface area contributed by atoms with E-state index in [1.807, 2.05) is 19.1 Å². The maximum atomic E-state index is 13.3. The Balaban J connectivity index is 1.57. The summed E-state index contributed by atoms with van der Waals surface area (Å²) in [5.41, 5.74) is 1.69. The van der Waals surface area contributed by atoms with Crippen molar-refractivity contribution in [1.29, 1.82) is 0 Å². The Morgan fingerprint density at radius 3 is 2.38 bits per heavy atom. The van der Waals surface area contributed by atoms with Gasteiger partial charge in [-0.05, 0) is 56.2 Å². The zero-order valence-electron chi connectivity index (χ0n) is 18.7. The van der Waals surface area contributed by atoms with E-state index in [0.29, 0.717) is 5.69 Å². The highest BCUT2D eigenvalue weighted by molar-refractivity contribution is 8.16. The van der Waals surface area contributed by atoms with E-state index in [-0.39, 0.29) is 34.3 Å². The first-order chi connectivity index (χ1) is 16.2. The number of hydrogen-bond donors (Lipinski definition) is 1. The number of carbonyl (C=O) groups excluding carboxylic acids is 2. The van der Waals surface area contributed by atoms with Crippen molar-refractivity contribution < 1.29 is 22.4 Å². The molecule has 0 bridgehead atoms. The average Bonchev–Trinajstić information content (AvgIpc) is 3.10. The van der Waals surface area contributed by atoms with Crippen molar-refractivity contribution in [3.05, 3.63) is 59.9 Å². The van der Waals surface area contributed by atoms with Crippen molar-refractivity contribution in [2.45, 2.75) is 61.6 Å². The minimum Gasteiger partial charge on any atom is -0.326 e. The van der Waals surface area contributed by atoms with Gasteiger partial charge in [0.25, 0.3) is 10.0 Å². The Morgan fingerprint density at radius 2 is 1.74 bits per heavy atom. The third-order valence-corrected chi connectivity index (χ3v) is 8.47. The molecule has 1 saturated carbocycles. The van der Waals surface area contributed by atoms with Crippen LogP contribution in [0.15, 0.2) is 57.8 Å². The van der Waals surface area contributed by atoms with E-state index in [9.17, 15) is 22.4 Å². The number of carbonyl (C=O) groups is 2. The zero-order valence-corrected chi connectivity index (χ0v) is 20.4. The maximum Gasteiger partial charge on any atom is 0.284 e. The summed E-state index contributed by atoms with van der Waals surface area (Å²) in [6.07, 6.45) is 4.35. The van der Waals surface area contributed by atoms with E-state index in [2.05, 4.69) is 9.71 Å². The van der Waals surface area contributed by atoms with E-state index < -0.39 is 21.1 Å². The van der Waals surface area contributed by atoms with E-state index in [1.54, 1.807) is 12.1 Å². The number of sulfonamides is 1. The van der Waals surface area contributed by atoms with Crippen molar-refractivity contribution in [3.8, 4) is 0 Å². The van der Waals surface area contributed by atoms with Crippen LogP contribution >= 0.6 is 11.8 Å². The van der Waals surface area contributed by atoms with Gasteiger partial charge in [0.1, 0.15) is 11.1 Å². The molecule has 0 aromatic heterocycles. The zero-order chi connectivity index (χ0) is 24.3. The van der Waals surface area contributed by atoms with Crippen LogP contribution in [0, 0.1) is 12.7 Å². The molecule has 2 aromatic carbocycles. The van der Waals surface area contributed by atoms with Gasteiger partial charge in [-0.1, -0.05) is 48.7 Å². The number of benzene rings is 2. The Hall–Kier alpha value is -2.72. The third-order valence-electron chi connectivity index (χ3n) is 5.92. The summed E-state index contributed by atoms with van der Waals surface area (Å²) in [5, 5.41) is 2.10. The standard InChI is InChI=1S/C24H26FN3O4S2/c1-16-7-11-18(12-8-16)26-22(29)15-21-23(30)28(19-5-3-2-4-6-19)24(33-21)27-34(31,32)20-13-9-17(25)10-14-20/h7-14,19,21H,2-6,15H2,1H3,(H,26,29)/b27-24+. The fraction of sp³-hybridized carbons (Fsp3) is 0.375. The van der Waals surface area contributed by atoms with Gasteiger partial charge in [0, 0.05) is 18.2 Å². The summed E-state index contributed by atoms with van der Waals surface area (Å²) >= 11 is 0.999. The predicted molar refractivity (Wildman–Crippen MR) is 131 cm³/mol. The number of anilines is 1. The molecule has 34 heavy (non-hydrogen) atoms. The quantitative estimate of drug-likeness (QED) is 0.627. The summed E-state index contributed by atoms with van der Waals surface area (Å²) in [6, 6.07) is 11.6.